The average Bonchev–Trinajstić information content (AvgIpc) is 3.46. The number of pyridine rings is 1. The maximum atomic E-state index is 6.00. The van der Waals surface area contributed by atoms with Gasteiger partial charge in [0.2, 0.25) is 0 Å². The molecule has 3 rings (SSSR count). The van der Waals surface area contributed by atoms with Crippen molar-refractivity contribution in [1.82, 2.24) is 4.98 Å². The molecule has 1 radical (unpaired) electrons. The molecule has 3 heteroatoms. The van der Waals surface area contributed by atoms with Crippen LogP contribution in [0.3, 0.4) is 0 Å². The summed E-state index contributed by atoms with van der Waals surface area (Å²) in [5.74, 6) is 3.06. The Balaban J connectivity index is 1.67. The molecule has 0 saturated heterocycles. The summed E-state index contributed by atoms with van der Waals surface area (Å²) in [7, 11) is 0. The van der Waals surface area contributed by atoms with E-state index < -0.39 is 0 Å². The van der Waals surface area contributed by atoms with Gasteiger partial charge in [-0.15, -0.1) is 0 Å². The Morgan fingerprint density at radius 2 is 1.85 bits per heavy atom. The summed E-state index contributed by atoms with van der Waals surface area (Å²) < 4.78 is 12.0. The number of hydrogen-bond acceptors (Lipinski definition) is 3. The third-order valence-electron chi connectivity index (χ3n) is 5.00. The Labute approximate surface area is 157 Å². The minimum atomic E-state index is 0.345. The van der Waals surface area contributed by atoms with Gasteiger partial charge in [-0.25, -0.2) is 4.98 Å². The number of hydrogen-bond donors (Lipinski definition) is 0. The molecule has 1 aliphatic carbocycles. The third-order valence-corrected chi connectivity index (χ3v) is 5.00. The van der Waals surface area contributed by atoms with Crippen LogP contribution >= 0.6 is 0 Å². The molecule has 1 aromatic heterocycles. The number of ether oxygens (including phenoxy) is 2. The van der Waals surface area contributed by atoms with Crippen LogP contribution < -0.4 is 9.47 Å². The van der Waals surface area contributed by atoms with Crippen LogP contribution in [0.15, 0.2) is 42.5 Å². The van der Waals surface area contributed by atoms with Gasteiger partial charge in [-0.3, -0.25) is 0 Å². The van der Waals surface area contributed by atoms with E-state index >= 15 is 0 Å². The summed E-state index contributed by atoms with van der Waals surface area (Å²) in [5.41, 5.74) is 2.16. The lowest BCUT2D eigenvalue weighted by Crippen LogP contribution is -2.10. The van der Waals surface area contributed by atoms with Crippen molar-refractivity contribution in [3.8, 4) is 11.6 Å². The van der Waals surface area contributed by atoms with Crippen molar-refractivity contribution >= 4 is 0 Å². The molecule has 1 atom stereocenters. The van der Waals surface area contributed by atoms with E-state index in [1.165, 1.54) is 12.8 Å². The van der Waals surface area contributed by atoms with Gasteiger partial charge in [0, 0.05) is 5.69 Å². The Kier molecular flexibility index (Phi) is 6.54. The molecule has 1 saturated carbocycles. The number of aromatic nitrogens is 1. The van der Waals surface area contributed by atoms with E-state index in [0.717, 1.165) is 35.8 Å². The molecule has 1 heterocycles. The summed E-state index contributed by atoms with van der Waals surface area (Å²) in [6.45, 7) is 9.86. The lowest BCUT2D eigenvalue weighted by molar-refractivity contribution is 0.246. The van der Waals surface area contributed by atoms with Crippen LogP contribution in [0.2, 0.25) is 0 Å². The van der Waals surface area contributed by atoms with Gasteiger partial charge in [0.1, 0.15) is 6.61 Å². The molecule has 0 aliphatic heterocycles. The van der Waals surface area contributed by atoms with E-state index in [2.05, 4.69) is 32.9 Å². The van der Waals surface area contributed by atoms with E-state index in [4.69, 9.17) is 14.5 Å². The molecule has 1 fully saturated rings. The largest absolute Gasteiger partial charge is 0.483 e. The molecule has 139 valence electrons. The lowest BCUT2D eigenvalue weighted by Gasteiger charge is -2.17. The molecule has 0 bridgehead atoms. The van der Waals surface area contributed by atoms with Crippen molar-refractivity contribution < 1.29 is 9.47 Å². The van der Waals surface area contributed by atoms with Gasteiger partial charge in [-0.2, -0.15) is 0 Å². The molecule has 26 heavy (non-hydrogen) atoms. The van der Waals surface area contributed by atoms with Crippen molar-refractivity contribution in [3.63, 3.8) is 0 Å². The quantitative estimate of drug-likeness (QED) is 0.567. The first-order valence-corrected chi connectivity index (χ1v) is 9.74. The van der Waals surface area contributed by atoms with Crippen LogP contribution in [-0.2, 0) is 13.0 Å². The summed E-state index contributed by atoms with van der Waals surface area (Å²) in [5, 5.41) is 0. The highest BCUT2D eigenvalue weighted by Crippen LogP contribution is 2.33. The van der Waals surface area contributed by atoms with Crippen LogP contribution in [0, 0.1) is 24.7 Å². The summed E-state index contributed by atoms with van der Waals surface area (Å²) >= 11 is 0. The number of nitrogens with zero attached hydrogens (tertiary/aromatic N) is 1. The normalized spacial score (nSPS) is 15.1. The molecule has 1 aromatic carbocycles. The Morgan fingerprint density at radius 1 is 1.08 bits per heavy atom. The van der Waals surface area contributed by atoms with Gasteiger partial charge in [0.25, 0.3) is 5.88 Å². The highest BCUT2D eigenvalue weighted by Gasteiger charge is 2.21. The summed E-state index contributed by atoms with van der Waals surface area (Å²) in [4.78, 5) is 4.74. The van der Waals surface area contributed by atoms with Crippen LogP contribution in [0.4, 0.5) is 0 Å². The van der Waals surface area contributed by atoms with Crippen LogP contribution in [0.1, 0.15) is 44.4 Å². The molecule has 0 N–H and O–H groups in total. The Hall–Kier alpha value is -2.03. The first-order valence-electron chi connectivity index (χ1n) is 9.74. The monoisotopic (exact) mass is 352 g/mol. The van der Waals surface area contributed by atoms with E-state index in [1.54, 1.807) is 0 Å². The summed E-state index contributed by atoms with van der Waals surface area (Å²) in [6, 6.07) is 14.2. The van der Waals surface area contributed by atoms with Gasteiger partial charge in [-0.05, 0) is 55.2 Å². The van der Waals surface area contributed by atoms with Gasteiger partial charge < -0.3 is 9.47 Å². The fourth-order valence-electron chi connectivity index (χ4n) is 2.76. The van der Waals surface area contributed by atoms with Crippen molar-refractivity contribution in [3.05, 3.63) is 60.6 Å². The first kappa shape index (κ1) is 18.8. The first-order chi connectivity index (χ1) is 12.6. The van der Waals surface area contributed by atoms with E-state index in [0.29, 0.717) is 30.9 Å². The van der Waals surface area contributed by atoms with Crippen molar-refractivity contribution in [2.24, 2.45) is 17.8 Å². The topological polar surface area (TPSA) is 31.4 Å². The second-order valence-electron chi connectivity index (χ2n) is 7.67. The summed E-state index contributed by atoms with van der Waals surface area (Å²) in [6.07, 6.45) is 4.64. The highest BCUT2D eigenvalue weighted by molar-refractivity contribution is 5.35. The van der Waals surface area contributed by atoms with Gasteiger partial charge in [0.15, 0.2) is 5.75 Å². The fourth-order valence-corrected chi connectivity index (χ4v) is 2.76. The smallest absolute Gasteiger partial charge is 0.257 e. The number of benzene rings is 1. The second kappa shape index (κ2) is 9.07. The van der Waals surface area contributed by atoms with E-state index in [1.807, 2.05) is 30.3 Å². The predicted octanol–water partition coefficient (Wildman–Crippen LogP) is 5.49. The standard InChI is InChI=1S/C23H30NO2/c1-17(2)18(3)15-21-11-12-22(26-16-20-7-5-4-6-8-20)23(24-21)25-14-13-19-9-10-19/h4-8,11-12,17-19H,3,9-10,13-16H2,1-2H3. The zero-order chi connectivity index (χ0) is 18.4. The van der Waals surface area contributed by atoms with Crippen LogP contribution in [-0.4, -0.2) is 11.6 Å². The SMILES string of the molecule is [CH2]C(Cc1ccc(OCc2ccccc2)c(OCCC2CC2)n1)C(C)C. The fraction of sp³-hybridized carbons (Fsp3) is 0.478. The Morgan fingerprint density at radius 3 is 2.54 bits per heavy atom. The minimum absolute atomic E-state index is 0.345. The number of rotatable bonds is 10. The zero-order valence-corrected chi connectivity index (χ0v) is 16.0. The van der Waals surface area contributed by atoms with Crippen molar-refractivity contribution in [2.75, 3.05) is 6.61 Å². The molecule has 1 unspecified atom stereocenters. The average molecular weight is 352 g/mol. The van der Waals surface area contributed by atoms with E-state index in [9.17, 15) is 0 Å². The van der Waals surface area contributed by atoms with Gasteiger partial charge >= 0.3 is 0 Å². The molecule has 1 aliphatic rings. The molecule has 0 spiro atoms. The minimum Gasteiger partial charge on any atom is -0.483 e. The molecular weight excluding hydrogens is 322 g/mol. The lowest BCUT2D eigenvalue weighted by atomic mass is 9.93. The second-order valence-corrected chi connectivity index (χ2v) is 7.67. The van der Waals surface area contributed by atoms with Crippen molar-refractivity contribution in [2.45, 2.75) is 46.1 Å². The zero-order valence-electron chi connectivity index (χ0n) is 16.0. The Bertz CT molecular complexity index is 680. The highest BCUT2D eigenvalue weighted by atomic mass is 16.5. The molecule has 3 nitrogen and oxygen atoms in total. The predicted molar refractivity (Wildman–Crippen MR) is 105 cm³/mol. The van der Waals surface area contributed by atoms with E-state index in [-0.39, 0.29) is 0 Å². The van der Waals surface area contributed by atoms with Gasteiger partial charge in [-0.1, -0.05) is 57.0 Å². The molecule has 2 aromatic rings. The maximum absolute atomic E-state index is 6.00. The van der Waals surface area contributed by atoms with Crippen molar-refractivity contribution in [1.29, 1.82) is 0 Å². The molecular formula is C23H30NO2. The maximum Gasteiger partial charge on any atom is 0.257 e. The third kappa shape index (κ3) is 5.76. The van der Waals surface area contributed by atoms with Crippen LogP contribution in [0.5, 0.6) is 11.6 Å². The molecule has 0 amide bonds. The van der Waals surface area contributed by atoms with Crippen LogP contribution in [0.25, 0.3) is 0 Å². The van der Waals surface area contributed by atoms with Gasteiger partial charge in [0.05, 0.1) is 6.61 Å².